The van der Waals surface area contributed by atoms with Gasteiger partial charge < -0.3 is 31.1 Å². The normalized spacial score (nSPS) is 24.5. The number of nitrogens with zero attached hydrogens (tertiary/aromatic N) is 2. The number of rotatable bonds is 9. The van der Waals surface area contributed by atoms with Gasteiger partial charge in [-0.3, -0.25) is 9.59 Å². The molecular formula is C31H44N6O2. The maximum atomic E-state index is 14.1. The van der Waals surface area contributed by atoms with Crippen LogP contribution in [0, 0.1) is 5.92 Å². The number of likely N-dealkylation sites (tertiary alicyclic amines) is 1. The van der Waals surface area contributed by atoms with Gasteiger partial charge >= 0.3 is 0 Å². The van der Waals surface area contributed by atoms with E-state index in [1.807, 2.05) is 18.9 Å². The van der Waals surface area contributed by atoms with E-state index in [0.29, 0.717) is 0 Å². The van der Waals surface area contributed by atoms with Crippen molar-refractivity contribution in [3.05, 3.63) is 65.6 Å². The molecule has 3 heterocycles. The average molecular weight is 533 g/mol. The Kier molecular flexibility index (Phi) is 8.72. The molecule has 210 valence electrons. The van der Waals surface area contributed by atoms with E-state index < -0.39 is 6.04 Å². The van der Waals surface area contributed by atoms with Gasteiger partial charge in [0.25, 0.3) is 0 Å². The Bertz CT molecular complexity index is 1120. The number of carbonyl (C=O) groups is 2. The summed E-state index contributed by atoms with van der Waals surface area (Å²) in [5, 5.41) is 13.1. The van der Waals surface area contributed by atoms with E-state index in [2.05, 4.69) is 75.0 Å². The molecule has 0 bridgehead atoms. The molecular weight excluding hydrogens is 488 g/mol. The third kappa shape index (κ3) is 5.92. The zero-order valence-electron chi connectivity index (χ0n) is 23.6. The lowest BCUT2D eigenvalue weighted by Gasteiger charge is -2.36. The van der Waals surface area contributed by atoms with Gasteiger partial charge in [-0.15, -0.1) is 0 Å². The first-order chi connectivity index (χ1) is 19.0. The highest BCUT2D eigenvalue weighted by Crippen LogP contribution is 2.35. The van der Waals surface area contributed by atoms with Crippen molar-refractivity contribution in [3.8, 4) is 0 Å². The van der Waals surface area contributed by atoms with Gasteiger partial charge in [0.05, 0.1) is 17.8 Å². The number of fused-ring (bicyclic) bond motifs is 1. The third-order valence-electron chi connectivity index (χ3n) is 8.79. The van der Waals surface area contributed by atoms with Crippen LogP contribution in [0.4, 0.5) is 0 Å². The van der Waals surface area contributed by atoms with Crippen molar-refractivity contribution < 1.29 is 9.59 Å². The van der Waals surface area contributed by atoms with Crippen LogP contribution in [-0.2, 0) is 16.1 Å². The topological polar surface area (TPSA) is 88.7 Å². The predicted molar refractivity (Wildman–Crippen MR) is 155 cm³/mol. The molecule has 8 nitrogen and oxygen atoms in total. The van der Waals surface area contributed by atoms with Crippen molar-refractivity contribution in [1.82, 2.24) is 31.1 Å². The number of likely N-dealkylation sites (N-methyl/N-ethyl adjacent to an activating group) is 1. The SMILES string of the molecule is CNCc1ccc(C2=CC=CN3C=C(C4CCCN4C(=O)C(NC(=O)[C@H](C)NC)C4CCCCC4)NC23)cc1. The fourth-order valence-corrected chi connectivity index (χ4v) is 6.46. The van der Waals surface area contributed by atoms with Gasteiger partial charge in [0.2, 0.25) is 11.8 Å². The minimum atomic E-state index is -0.467. The molecule has 5 rings (SSSR count). The minimum absolute atomic E-state index is 0.00280. The summed E-state index contributed by atoms with van der Waals surface area (Å²) in [6.45, 7) is 3.41. The van der Waals surface area contributed by atoms with E-state index in [0.717, 1.165) is 57.3 Å². The van der Waals surface area contributed by atoms with Crippen LogP contribution in [0.5, 0.6) is 0 Å². The van der Waals surface area contributed by atoms with Gasteiger partial charge in [-0.1, -0.05) is 49.6 Å². The van der Waals surface area contributed by atoms with E-state index in [9.17, 15) is 9.59 Å². The Morgan fingerprint density at radius 2 is 1.82 bits per heavy atom. The van der Waals surface area contributed by atoms with Gasteiger partial charge in [0.15, 0.2) is 0 Å². The first-order valence-electron chi connectivity index (χ1n) is 14.7. The second-order valence-electron chi connectivity index (χ2n) is 11.4. The van der Waals surface area contributed by atoms with E-state index in [1.165, 1.54) is 23.1 Å². The summed E-state index contributed by atoms with van der Waals surface area (Å²) in [6, 6.07) is 7.90. The lowest BCUT2D eigenvalue weighted by molar-refractivity contribution is -0.139. The highest BCUT2D eigenvalue weighted by molar-refractivity contribution is 5.90. The molecule has 2 amide bonds. The number of carbonyl (C=O) groups excluding carboxylic acids is 2. The van der Waals surface area contributed by atoms with E-state index in [1.54, 1.807) is 7.05 Å². The average Bonchev–Trinajstić information content (AvgIpc) is 3.63. The Morgan fingerprint density at radius 3 is 2.54 bits per heavy atom. The molecule has 1 aliphatic carbocycles. The zero-order chi connectivity index (χ0) is 27.4. The fourth-order valence-electron chi connectivity index (χ4n) is 6.46. The van der Waals surface area contributed by atoms with Gasteiger partial charge in [0, 0.05) is 31.1 Å². The van der Waals surface area contributed by atoms with Crippen LogP contribution in [-0.4, -0.2) is 66.5 Å². The molecule has 39 heavy (non-hydrogen) atoms. The maximum Gasteiger partial charge on any atom is 0.246 e. The fraction of sp³-hybridized carbons (Fsp3) is 0.548. The number of allylic oxidation sites excluding steroid dienone is 2. The second-order valence-corrected chi connectivity index (χ2v) is 11.4. The molecule has 1 saturated heterocycles. The highest BCUT2D eigenvalue weighted by Gasteiger charge is 2.42. The second kappa shape index (κ2) is 12.4. The number of benzene rings is 1. The van der Waals surface area contributed by atoms with Gasteiger partial charge in [-0.25, -0.2) is 0 Å². The van der Waals surface area contributed by atoms with Gasteiger partial charge in [-0.05, 0) is 69.8 Å². The van der Waals surface area contributed by atoms with Crippen LogP contribution >= 0.6 is 0 Å². The van der Waals surface area contributed by atoms with Crippen molar-refractivity contribution >= 4 is 17.4 Å². The summed E-state index contributed by atoms with van der Waals surface area (Å²) in [5.41, 5.74) is 4.73. The molecule has 0 spiro atoms. The molecule has 1 aromatic rings. The van der Waals surface area contributed by atoms with Crippen LogP contribution in [0.1, 0.15) is 63.0 Å². The number of hydrogen-bond donors (Lipinski definition) is 4. The molecule has 4 N–H and O–H groups in total. The first kappa shape index (κ1) is 27.5. The molecule has 1 saturated carbocycles. The lowest BCUT2D eigenvalue weighted by Crippen LogP contribution is -2.57. The van der Waals surface area contributed by atoms with Crippen molar-refractivity contribution in [3.63, 3.8) is 0 Å². The predicted octanol–water partition coefficient (Wildman–Crippen LogP) is 3.05. The van der Waals surface area contributed by atoms with Crippen LogP contribution < -0.4 is 21.3 Å². The molecule has 4 aliphatic rings. The summed E-state index contributed by atoms with van der Waals surface area (Å²) < 4.78 is 0. The van der Waals surface area contributed by atoms with Crippen molar-refractivity contribution in [2.75, 3.05) is 20.6 Å². The van der Waals surface area contributed by atoms with Gasteiger partial charge in [-0.2, -0.15) is 0 Å². The number of amides is 2. The number of nitrogens with one attached hydrogen (secondary N) is 4. The van der Waals surface area contributed by atoms with Crippen molar-refractivity contribution in [2.45, 2.75) is 82.7 Å². The highest BCUT2D eigenvalue weighted by atomic mass is 16.2. The maximum absolute atomic E-state index is 14.1. The minimum Gasteiger partial charge on any atom is -0.362 e. The summed E-state index contributed by atoms with van der Waals surface area (Å²) in [6.07, 6.45) is 15.8. The standard InChI is InChI=1S/C31H44N6O2/c1-21(33-3)30(38)35-28(24-9-5-4-6-10-24)31(39)37-18-8-12-27(37)26-20-36-17-7-11-25(29(36)34-26)23-15-13-22(14-16-23)19-32-2/h7,11,13-17,20-21,24,27-29,32-34H,4-6,8-10,12,18-19H2,1-3H3,(H,35,38)/t21-,27?,28?,29?/m0/s1. The molecule has 0 radical (unpaired) electrons. The molecule has 0 aromatic heterocycles. The zero-order valence-corrected chi connectivity index (χ0v) is 23.6. The van der Waals surface area contributed by atoms with Crippen LogP contribution in [0.15, 0.2) is 54.5 Å². The molecule has 4 atom stereocenters. The quantitative estimate of drug-likeness (QED) is 0.391. The van der Waals surface area contributed by atoms with Crippen molar-refractivity contribution in [1.29, 1.82) is 0 Å². The third-order valence-corrected chi connectivity index (χ3v) is 8.79. The molecule has 3 unspecified atom stereocenters. The van der Waals surface area contributed by atoms with Crippen molar-refractivity contribution in [2.24, 2.45) is 5.92 Å². The largest absolute Gasteiger partial charge is 0.362 e. The molecule has 8 heteroatoms. The van der Waals surface area contributed by atoms with E-state index in [-0.39, 0.29) is 36.0 Å². The Hall–Kier alpha value is -3.10. The van der Waals surface area contributed by atoms with Crippen LogP contribution in [0.25, 0.3) is 5.57 Å². The first-order valence-corrected chi connectivity index (χ1v) is 14.7. The smallest absolute Gasteiger partial charge is 0.246 e. The summed E-state index contributed by atoms with van der Waals surface area (Å²) >= 11 is 0. The van der Waals surface area contributed by atoms with Crippen LogP contribution in [0.3, 0.4) is 0 Å². The summed E-state index contributed by atoms with van der Waals surface area (Å²) in [5.74, 6) is 0.161. The summed E-state index contributed by atoms with van der Waals surface area (Å²) in [4.78, 5) is 31.3. The molecule has 2 fully saturated rings. The lowest BCUT2D eigenvalue weighted by atomic mass is 9.83. The molecule has 3 aliphatic heterocycles. The number of hydrogen-bond acceptors (Lipinski definition) is 6. The Balaban J connectivity index is 1.32. The van der Waals surface area contributed by atoms with E-state index >= 15 is 0 Å². The summed E-state index contributed by atoms with van der Waals surface area (Å²) in [7, 11) is 3.74. The van der Waals surface area contributed by atoms with Crippen LogP contribution in [0.2, 0.25) is 0 Å². The van der Waals surface area contributed by atoms with Gasteiger partial charge in [0.1, 0.15) is 12.2 Å². The monoisotopic (exact) mass is 532 g/mol. The van der Waals surface area contributed by atoms with E-state index in [4.69, 9.17) is 0 Å². The molecule has 1 aromatic carbocycles. The Labute approximate surface area is 233 Å². The Morgan fingerprint density at radius 1 is 1.05 bits per heavy atom.